The van der Waals surface area contributed by atoms with Gasteiger partial charge in [-0.2, -0.15) is 5.26 Å². The highest BCUT2D eigenvalue weighted by Crippen LogP contribution is 2.25. The van der Waals surface area contributed by atoms with Gasteiger partial charge in [-0.25, -0.2) is 4.79 Å². The van der Waals surface area contributed by atoms with E-state index in [-0.39, 0.29) is 16.9 Å². The molecular weight excluding hydrogens is 294 g/mol. The van der Waals surface area contributed by atoms with Gasteiger partial charge in [0, 0.05) is 24.0 Å². The first kappa shape index (κ1) is 14.7. The summed E-state index contributed by atoms with van der Waals surface area (Å²) in [6, 6.07) is 9.47. The van der Waals surface area contributed by atoms with Crippen molar-refractivity contribution in [2.75, 3.05) is 25.9 Å². The Morgan fingerprint density at radius 1 is 1.52 bits per heavy atom. The molecule has 0 aliphatic carbocycles. The molecule has 0 atom stereocenters. The van der Waals surface area contributed by atoms with Gasteiger partial charge in [0.15, 0.2) is 5.69 Å². The molecule has 2 aromatic rings. The van der Waals surface area contributed by atoms with E-state index in [4.69, 9.17) is 15.7 Å². The first-order valence-corrected chi connectivity index (χ1v) is 7.04. The highest BCUT2D eigenvalue weighted by atomic mass is 16.5. The first-order chi connectivity index (χ1) is 11.2. The van der Waals surface area contributed by atoms with E-state index in [0.29, 0.717) is 5.69 Å². The number of carbonyl (C=O) groups is 1. The molecule has 3 N–H and O–H groups in total. The van der Waals surface area contributed by atoms with E-state index < -0.39 is 5.97 Å². The summed E-state index contributed by atoms with van der Waals surface area (Å²) in [4.78, 5) is 16.4. The lowest BCUT2D eigenvalue weighted by atomic mass is 10.2. The van der Waals surface area contributed by atoms with Crippen molar-refractivity contribution in [2.45, 2.75) is 0 Å². The van der Waals surface area contributed by atoms with Crippen molar-refractivity contribution in [3.63, 3.8) is 0 Å². The van der Waals surface area contributed by atoms with Gasteiger partial charge in [-0.15, -0.1) is 0 Å². The number of benzene rings is 1. The number of aromatic nitrogens is 1. The Hall–Kier alpha value is -3.27. The third-order valence-electron chi connectivity index (χ3n) is 3.62. The van der Waals surface area contributed by atoms with Crippen LogP contribution >= 0.6 is 0 Å². The number of esters is 1. The molecule has 0 spiro atoms. The number of anilines is 1. The molecule has 1 aromatic carbocycles. The number of nitrogens with one attached hydrogen (secondary N) is 1. The predicted octanol–water partition coefficient (Wildman–Crippen LogP) is 1.07. The second kappa shape index (κ2) is 5.85. The Morgan fingerprint density at radius 2 is 2.35 bits per heavy atom. The van der Waals surface area contributed by atoms with Crippen LogP contribution in [0.1, 0.15) is 21.6 Å². The molecule has 23 heavy (non-hydrogen) atoms. The fourth-order valence-corrected chi connectivity index (χ4v) is 2.51. The van der Waals surface area contributed by atoms with Gasteiger partial charge in [-0.3, -0.25) is 4.99 Å². The van der Waals surface area contributed by atoms with Crippen LogP contribution in [0.3, 0.4) is 0 Å². The van der Waals surface area contributed by atoms with Crippen molar-refractivity contribution in [2.24, 2.45) is 4.99 Å². The molecule has 7 heteroatoms. The summed E-state index contributed by atoms with van der Waals surface area (Å²) in [5, 5.41) is 12.4. The number of rotatable bonds is 3. The molecule has 0 saturated heterocycles. The van der Waals surface area contributed by atoms with Crippen molar-refractivity contribution in [1.82, 2.24) is 9.88 Å². The van der Waals surface area contributed by atoms with E-state index in [1.165, 1.54) is 13.3 Å². The van der Waals surface area contributed by atoms with Crippen LogP contribution in [0.15, 0.2) is 35.5 Å². The van der Waals surface area contributed by atoms with E-state index >= 15 is 0 Å². The summed E-state index contributed by atoms with van der Waals surface area (Å²) in [5.74, 6) is 0.220. The molecule has 1 aliphatic rings. The zero-order valence-electron chi connectivity index (χ0n) is 12.5. The van der Waals surface area contributed by atoms with Gasteiger partial charge in [0.25, 0.3) is 0 Å². The van der Waals surface area contributed by atoms with Crippen molar-refractivity contribution >= 4 is 17.5 Å². The van der Waals surface area contributed by atoms with Crippen LogP contribution in [0.5, 0.6) is 0 Å². The Bertz CT molecular complexity index is 845. The molecule has 0 unspecified atom stereocenters. The maximum absolute atomic E-state index is 12.0. The van der Waals surface area contributed by atoms with Crippen LogP contribution in [0.25, 0.3) is 5.69 Å². The quantitative estimate of drug-likeness (QED) is 0.825. The summed E-state index contributed by atoms with van der Waals surface area (Å²) in [6.45, 7) is 1.55. The highest BCUT2D eigenvalue weighted by Gasteiger charge is 2.22. The number of hydrogen-bond acceptors (Lipinski definition) is 6. The second-order valence-electron chi connectivity index (χ2n) is 4.99. The average molecular weight is 309 g/mol. The summed E-state index contributed by atoms with van der Waals surface area (Å²) in [5.41, 5.74) is 8.00. The number of ether oxygens (including phenoxy) is 1. The van der Waals surface area contributed by atoms with Crippen LogP contribution in [0, 0.1) is 11.3 Å². The Morgan fingerprint density at radius 3 is 3.00 bits per heavy atom. The van der Waals surface area contributed by atoms with Crippen LogP contribution < -0.4 is 11.1 Å². The van der Waals surface area contributed by atoms with E-state index in [1.54, 1.807) is 4.57 Å². The van der Waals surface area contributed by atoms with E-state index in [0.717, 1.165) is 24.5 Å². The number of methoxy groups -OCH3 is 1. The summed E-state index contributed by atoms with van der Waals surface area (Å²) < 4.78 is 6.35. The maximum Gasteiger partial charge on any atom is 0.357 e. The van der Waals surface area contributed by atoms with Crippen LogP contribution in [-0.4, -0.2) is 36.6 Å². The predicted molar refractivity (Wildman–Crippen MR) is 85.6 cm³/mol. The number of nitrogens with two attached hydrogens (primary N) is 1. The van der Waals surface area contributed by atoms with Gasteiger partial charge in [-0.05, 0) is 12.1 Å². The second-order valence-corrected chi connectivity index (χ2v) is 4.99. The molecular formula is C16H15N5O2. The van der Waals surface area contributed by atoms with Crippen molar-refractivity contribution in [1.29, 1.82) is 5.26 Å². The molecule has 1 aromatic heterocycles. The molecule has 0 saturated carbocycles. The van der Waals surface area contributed by atoms with Crippen LogP contribution in [-0.2, 0) is 4.74 Å². The van der Waals surface area contributed by atoms with Gasteiger partial charge in [0.2, 0.25) is 0 Å². The van der Waals surface area contributed by atoms with E-state index in [2.05, 4.69) is 10.3 Å². The zero-order chi connectivity index (χ0) is 16.4. The van der Waals surface area contributed by atoms with Crippen molar-refractivity contribution < 1.29 is 9.53 Å². The summed E-state index contributed by atoms with van der Waals surface area (Å²) in [7, 11) is 1.28. The molecule has 3 rings (SSSR count). The molecule has 116 valence electrons. The normalized spacial score (nSPS) is 13.1. The lowest BCUT2D eigenvalue weighted by Crippen LogP contribution is -2.19. The fraction of sp³-hybridized carbons (Fsp3) is 0.188. The SMILES string of the molecule is COC(=O)c1c(N)c(C#N)cn1-c1cccc(C2=NCCN2)c1. The highest BCUT2D eigenvalue weighted by molar-refractivity contribution is 6.00. The fourth-order valence-electron chi connectivity index (χ4n) is 2.51. The van der Waals surface area contributed by atoms with Gasteiger partial charge in [0.1, 0.15) is 11.9 Å². The zero-order valence-corrected chi connectivity index (χ0v) is 12.5. The lowest BCUT2D eigenvalue weighted by molar-refractivity contribution is 0.0593. The largest absolute Gasteiger partial charge is 0.464 e. The average Bonchev–Trinajstić information content (AvgIpc) is 3.22. The van der Waals surface area contributed by atoms with Gasteiger partial charge in [0.05, 0.1) is 24.9 Å². The maximum atomic E-state index is 12.0. The number of carbonyl (C=O) groups excluding carboxylic acids is 1. The minimum atomic E-state index is -0.592. The number of nitrogen functional groups attached to an aromatic ring is 1. The molecule has 0 fully saturated rings. The molecule has 7 nitrogen and oxygen atoms in total. The van der Waals surface area contributed by atoms with Gasteiger partial charge in [-0.1, -0.05) is 12.1 Å². The number of amidine groups is 1. The number of aliphatic imine (C=N–C) groups is 1. The number of nitrogens with zero attached hydrogens (tertiary/aromatic N) is 3. The van der Waals surface area contributed by atoms with Crippen LogP contribution in [0.4, 0.5) is 5.69 Å². The van der Waals surface area contributed by atoms with E-state index in [1.807, 2.05) is 30.3 Å². The lowest BCUT2D eigenvalue weighted by Gasteiger charge is -2.10. The molecule has 0 radical (unpaired) electrons. The minimum Gasteiger partial charge on any atom is -0.464 e. The standard InChI is InChI=1S/C16H15N5O2/c1-23-16(22)14-13(18)11(8-17)9-21(14)12-4-2-3-10(7-12)15-19-5-6-20-15/h2-4,7,9H,5-6,18H2,1H3,(H,19,20). The number of hydrogen-bond donors (Lipinski definition) is 2. The molecule has 2 heterocycles. The number of nitriles is 1. The molecule has 1 aliphatic heterocycles. The molecule has 0 amide bonds. The smallest absolute Gasteiger partial charge is 0.357 e. The van der Waals surface area contributed by atoms with Crippen LogP contribution in [0.2, 0.25) is 0 Å². The minimum absolute atomic E-state index is 0.112. The van der Waals surface area contributed by atoms with E-state index in [9.17, 15) is 4.79 Å². The topological polar surface area (TPSA) is 105 Å². The third kappa shape index (κ3) is 2.51. The third-order valence-corrected chi connectivity index (χ3v) is 3.62. The first-order valence-electron chi connectivity index (χ1n) is 7.04. The monoisotopic (exact) mass is 309 g/mol. The van der Waals surface area contributed by atoms with Crippen molar-refractivity contribution in [3.8, 4) is 11.8 Å². The Balaban J connectivity index is 2.13. The van der Waals surface area contributed by atoms with Gasteiger partial charge >= 0.3 is 5.97 Å². The Labute approximate surface area is 133 Å². The van der Waals surface area contributed by atoms with Gasteiger partial charge < -0.3 is 20.4 Å². The summed E-state index contributed by atoms with van der Waals surface area (Å²) >= 11 is 0. The summed E-state index contributed by atoms with van der Waals surface area (Å²) in [6.07, 6.45) is 1.53. The van der Waals surface area contributed by atoms with Crippen molar-refractivity contribution in [3.05, 3.63) is 47.3 Å². The molecule has 0 bridgehead atoms. The Kier molecular flexibility index (Phi) is 3.73.